The summed E-state index contributed by atoms with van der Waals surface area (Å²) >= 11 is 0. The first-order chi connectivity index (χ1) is 8.12. The summed E-state index contributed by atoms with van der Waals surface area (Å²) < 4.78 is 0. The molecule has 0 spiro atoms. The van der Waals surface area contributed by atoms with Crippen LogP contribution in [-0.4, -0.2) is 25.0 Å². The molecule has 1 atom stereocenters. The average molecular weight is 275 g/mol. The van der Waals surface area contributed by atoms with Gasteiger partial charge >= 0.3 is 0 Å². The maximum atomic E-state index is 12.3. The van der Waals surface area contributed by atoms with Gasteiger partial charge in [-0.2, -0.15) is 0 Å². The molecule has 0 bridgehead atoms. The molecule has 1 saturated carbocycles. The van der Waals surface area contributed by atoms with Gasteiger partial charge in [0, 0.05) is 18.0 Å². The second-order valence-corrected chi connectivity index (χ2v) is 6.24. The fourth-order valence-electron chi connectivity index (χ4n) is 3.24. The van der Waals surface area contributed by atoms with Gasteiger partial charge in [0.2, 0.25) is 5.91 Å². The van der Waals surface area contributed by atoms with Gasteiger partial charge in [-0.3, -0.25) is 4.79 Å². The minimum Gasteiger partial charge on any atom is -0.354 e. The van der Waals surface area contributed by atoms with E-state index in [2.05, 4.69) is 24.5 Å². The van der Waals surface area contributed by atoms with Gasteiger partial charge in [0.05, 0.1) is 0 Å². The molecule has 1 aliphatic carbocycles. The molecule has 1 heterocycles. The lowest BCUT2D eigenvalue weighted by molar-refractivity contribution is -0.137. The Hall–Kier alpha value is -0.280. The molecule has 0 radical (unpaired) electrons. The Morgan fingerprint density at radius 2 is 2.11 bits per heavy atom. The SMILES string of the molecule is CC(C)CC1(C(=O)NCC2CCCN2)CCC1.Cl. The number of carbonyl (C=O) groups is 1. The molecular weight excluding hydrogens is 248 g/mol. The molecule has 1 saturated heterocycles. The van der Waals surface area contributed by atoms with E-state index in [1.807, 2.05) is 0 Å². The summed E-state index contributed by atoms with van der Waals surface area (Å²) in [5.41, 5.74) is -0.0211. The standard InChI is InChI=1S/C14H26N2O.ClH/c1-11(2)9-14(6-4-7-14)13(17)16-10-12-5-3-8-15-12;/h11-12,15H,3-10H2,1-2H3,(H,16,17);1H. The van der Waals surface area contributed by atoms with Crippen LogP contribution in [0, 0.1) is 11.3 Å². The highest BCUT2D eigenvalue weighted by Gasteiger charge is 2.44. The number of carbonyl (C=O) groups excluding carboxylic acids is 1. The van der Waals surface area contributed by atoms with Crippen molar-refractivity contribution in [2.24, 2.45) is 11.3 Å². The van der Waals surface area contributed by atoms with Crippen LogP contribution in [0.25, 0.3) is 0 Å². The van der Waals surface area contributed by atoms with Crippen LogP contribution in [0.1, 0.15) is 52.4 Å². The normalized spacial score (nSPS) is 25.4. The Labute approximate surface area is 117 Å². The van der Waals surface area contributed by atoms with Crippen LogP contribution in [0.5, 0.6) is 0 Å². The summed E-state index contributed by atoms with van der Waals surface area (Å²) in [4.78, 5) is 12.3. The highest BCUT2D eigenvalue weighted by molar-refractivity contribution is 5.85. The number of rotatable bonds is 5. The highest BCUT2D eigenvalue weighted by Crippen LogP contribution is 2.46. The van der Waals surface area contributed by atoms with Crippen molar-refractivity contribution in [1.82, 2.24) is 10.6 Å². The van der Waals surface area contributed by atoms with Crippen molar-refractivity contribution in [3.8, 4) is 0 Å². The van der Waals surface area contributed by atoms with Crippen LogP contribution in [0.15, 0.2) is 0 Å². The zero-order valence-electron chi connectivity index (χ0n) is 11.6. The summed E-state index contributed by atoms with van der Waals surface area (Å²) in [5, 5.41) is 6.60. The van der Waals surface area contributed by atoms with Gasteiger partial charge in [0.15, 0.2) is 0 Å². The fraction of sp³-hybridized carbons (Fsp3) is 0.929. The lowest BCUT2D eigenvalue weighted by atomic mass is 9.64. The quantitative estimate of drug-likeness (QED) is 0.809. The van der Waals surface area contributed by atoms with E-state index in [0.717, 1.165) is 32.4 Å². The average Bonchev–Trinajstić information content (AvgIpc) is 2.72. The van der Waals surface area contributed by atoms with Crippen molar-refractivity contribution in [2.75, 3.05) is 13.1 Å². The Balaban J connectivity index is 0.00000162. The van der Waals surface area contributed by atoms with Crippen molar-refractivity contribution in [2.45, 2.75) is 58.4 Å². The van der Waals surface area contributed by atoms with Crippen molar-refractivity contribution in [3.05, 3.63) is 0 Å². The summed E-state index contributed by atoms with van der Waals surface area (Å²) in [6.45, 7) is 6.36. The van der Waals surface area contributed by atoms with Gasteiger partial charge in [-0.1, -0.05) is 20.3 Å². The maximum absolute atomic E-state index is 12.3. The number of hydrogen-bond donors (Lipinski definition) is 2. The van der Waals surface area contributed by atoms with Crippen LogP contribution in [-0.2, 0) is 4.79 Å². The molecule has 106 valence electrons. The van der Waals surface area contributed by atoms with E-state index in [4.69, 9.17) is 0 Å². The minimum atomic E-state index is -0.0211. The summed E-state index contributed by atoms with van der Waals surface area (Å²) in [5.74, 6) is 0.928. The Morgan fingerprint density at radius 1 is 1.39 bits per heavy atom. The molecule has 1 unspecified atom stereocenters. The third kappa shape index (κ3) is 3.61. The van der Waals surface area contributed by atoms with Crippen molar-refractivity contribution in [1.29, 1.82) is 0 Å². The molecular formula is C14H27ClN2O. The summed E-state index contributed by atoms with van der Waals surface area (Å²) in [6, 6.07) is 0.509. The Kier molecular flexibility index (Phi) is 5.93. The van der Waals surface area contributed by atoms with Crippen LogP contribution >= 0.6 is 12.4 Å². The highest BCUT2D eigenvalue weighted by atomic mass is 35.5. The van der Waals surface area contributed by atoms with Crippen molar-refractivity contribution in [3.63, 3.8) is 0 Å². The van der Waals surface area contributed by atoms with Gasteiger partial charge in [-0.25, -0.2) is 0 Å². The third-order valence-corrected chi connectivity index (χ3v) is 4.26. The molecule has 18 heavy (non-hydrogen) atoms. The number of amides is 1. The molecule has 1 amide bonds. The Morgan fingerprint density at radius 3 is 2.56 bits per heavy atom. The fourth-order valence-corrected chi connectivity index (χ4v) is 3.24. The van der Waals surface area contributed by atoms with Gasteiger partial charge in [0.1, 0.15) is 0 Å². The zero-order chi connectivity index (χ0) is 12.3. The minimum absolute atomic E-state index is 0. The molecule has 2 aliphatic rings. The number of halogens is 1. The smallest absolute Gasteiger partial charge is 0.226 e. The van der Waals surface area contributed by atoms with Crippen LogP contribution in [0.2, 0.25) is 0 Å². The maximum Gasteiger partial charge on any atom is 0.226 e. The first kappa shape index (κ1) is 15.8. The second kappa shape index (κ2) is 6.76. The van der Waals surface area contributed by atoms with E-state index < -0.39 is 0 Å². The largest absolute Gasteiger partial charge is 0.354 e. The number of hydrogen-bond acceptors (Lipinski definition) is 2. The Bertz CT molecular complexity index is 271. The summed E-state index contributed by atoms with van der Waals surface area (Å²) in [6.07, 6.45) is 6.91. The second-order valence-electron chi connectivity index (χ2n) is 6.24. The molecule has 2 N–H and O–H groups in total. The third-order valence-electron chi connectivity index (χ3n) is 4.26. The van der Waals surface area contributed by atoms with Crippen LogP contribution < -0.4 is 10.6 Å². The van der Waals surface area contributed by atoms with E-state index >= 15 is 0 Å². The lowest BCUT2D eigenvalue weighted by Gasteiger charge is -2.41. The van der Waals surface area contributed by atoms with Gasteiger partial charge in [-0.15, -0.1) is 12.4 Å². The number of nitrogens with one attached hydrogen (secondary N) is 2. The molecule has 2 fully saturated rings. The van der Waals surface area contributed by atoms with E-state index in [9.17, 15) is 4.79 Å². The molecule has 2 rings (SSSR count). The lowest BCUT2D eigenvalue weighted by Crippen LogP contribution is -2.49. The predicted molar refractivity (Wildman–Crippen MR) is 77.0 cm³/mol. The topological polar surface area (TPSA) is 41.1 Å². The molecule has 0 aromatic heterocycles. The molecule has 1 aliphatic heterocycles. The molecule has 3 nitrogen and oxygen atoms in total. The van der Waals surface area contributed by atoms with Gasteiger partial charge in [0.25, 0.3) is 0 Å². The van der Waals surface area contributed by atoms with Crippen LogP contribution in [0.3, 0.4) is 0 Å². The van der Waals surface area contributed by atoms with Crippen molar-refractivity contribution < 1.29 is 4.79 Å². The van der Waals surface area contributed by atoms with Gasteiger partial charge < -0.3 is 10.6 Å². The first-order valence-electron chi connectivity index (χ1n) is 7.14. The summed E-state index contributed by atoms with van der Waals surface area (Å²) in [7, 11) is 0. The van der Waals surface area contributed by atoms with Crippen molar-refractivity contribution >= 4 is 18.3 Å². The van der Waals surface area contributed by atoms with E-state index in [1.54, 1.807) is 0 Å². The predicted octanol–water partition coefficient (Wildman–Crippen LogP) is 2.49. The van der Waals surface area contributed by atoms with E-state index in [-0.39, 0.29) is 17.8 Å². The monoisotopic (exact) mass is 274 g/mol. The molecule has 4 heteroatoms. The first-order valence-corrected chi connectivity index (χ1v) is 7.14. The van der Waals surface area contributed by atoms with Gasteiger partial charge in [-0.05, 0) is 44.6 Å². The van der Waals surface area contributed by atoms with Crippen LogP contribution in [0.4, 0.5) is 0 Å². The molecule has 0 aromatic rings. The zero-order valence-corrected chi connectivity index (χ0v) is 12.4. The van der Waals surface area contributed by atoms with E-state index in [0.29, 0.717) is 17.9 Å². The van der Waals surface area contributed by atoms with E-state index in [1.165, 1.54) is 19.3 Å². The molecule has 0 aromatic carbocycles.